The Hall–Kier alpha value is -3.15. The van der Waals surface area contributed by atoms with Gasteiger partial charge in [0, 0.05) is 12.1 Å². The van der Waals surface area contributed by atoms with E-state index in [1.54, 1.807) is 18.5 Å². The minimum atomic E-state index is -0.462. The topological polar surface area (TPSA) is 59.0 Å². The van der Waals surface area contributed by atoms with Gasteiger partial charge >= 0.3 is 6.03 Å². The van der Waals surface area contributed by atoms with E-state index in [4.69, 9.17) is 0 Å². The van der Waals surface area contributed by atoms with Crippen molar-refractivity contribution < 1.29 is 9.18 Å². The minimum Gasteiger partial charge on any atom is -0.335 e. The Morgan fingerprint density at radius 1 is 1.17 bits per heavy atom. The van der Waals surface area contributed by atoms with Crippen LogP contribution in [0.1, 0.15) is 11.6 Å². The molecular weight excluding hydrogens is 307 g/mol. The number of hydrogen-bond acceptors (Lipinski definition) is 2. The number of carbonyl (C=O) groups excluding carboxylic acids is 1. The number of fused-ring (bicyclic) bond motifs is 3. The average Bonchev–Trinajstić information content (AvgIpc) is 3.16. The van der Waals surface area contributed by atoms with Crippen LogP contribution in [0.2, 0.25) is 0 Å². The van der Waals surface area contributed by atoms with Crippen molar-refractivity contribution in [3.63, 3.8) is 0 Å². The summed E-state index contributed by atoms with van der Waals surface area (Å²) in [5, 5.41) is 5.33. The lowest BCUT2D eigenvalue weighted by Crippen LogP contribution is -2.33. The summed E-state index contributed by atoms with van der Waals surface area (Å²) in [6.45, 7) is 0.390. The van der Waals surface area contributed by atoms with Crippen molar-refractivity contribution in [2.75, 3.05) is 11.9 Å². The van der Waals surface area contributed by atoms with E-state index in [0.717, 1.165) is 16.8 Å². The van der Waals surface area contributed by atoms with Gasteiger partial charge in [0.25, 0.3) is 0 Å². The Bertz CT molecular complexity index is 905. The molecule has 1 atom stereocenters. The molecule has 0 spiro atoms. The first-order valence-corrected chi connectivity index (χ1v) is 7.64. The van der Waals surface area contributed by atoms with Gasteiger partial charge in [0.2, 0.25) is 0 Å². The van der Waals surface area contributed by atoms with E-state index in [0.29, 0.717) is 6.54 Å². The summed E-state index contributed by atoms with van der Waals surface area (Å²) in [6, 6.07) is 13.7. The SMILES string of the molecule is O=C(NCC1c2ccccc2-c2cncn21)Nc1ccccc1F. The van der Waals surface area contributed by atoms with Crippen LogP contribution in [0.25, 0.3) is 11.3 Å². The van der Waals surface area contributed by atoms with Crippen molar-refractivity contribution in [3.8, 4) is 11.3 Å². The lowest BCUT2D eigenvalue weighted by molar-refractivity contribution is 0.251. The molecule has 0 fully saturated rings. The molecule has 2 amide bonds. The van der Waals surface area contributed by atoms with E-state index in [2.05, 4.69) is 15.6 Å². The van der Waals surface area contributed by atoms with E-state index in [-0.39, 0.29) is 11.7 Å². The van der Waals surface area contributed by atoms with E-state index in [1.165, 1.54) is 12.1 Å². The molecule has 24 heavy (non-hydrogen) atoms. The Morgan fingerprint density at radius 3 is 2.83 bits per heavy atom. The summed E-state index contributed by atoms with van der Waals surface area (Å²) in [5.41, 5.74) is 3.45. The second-order valence-corrected chi connectivity index (χ2v) is 5.60. The number of amides is 2. The molecule has 2 N–H and O–H groups in total. The molecule has 0 saturated heterocycles. The number of benzene rings is 2. The van der Waals surface area contributed by atoms with Crippen LogP contribution in [-0.2, 0) is 0 Å². The standard InChI is InChI=1S/C18H15FN4O/c19-14-7-3-4-8-15(14)22-18(24)21-10-17-13-6-2-1-5-12(13)16-9-20-11-23(16)17/h1-9,11,17H,10H2,(H2,21,22,24). The first kappa shape index (κ1) is 14.4. The number of imidazole rings is 1. The molecule has 2 heterocycles. The van der Waals surface area contributed by atoms with Crippen LogP contribution in [0.4, 0.5) is 14.9 Å². The fraction of sp³-hybridized carbons (Fsp3) is 0.111. The first-order chi connectivity index (χ1) is 11.7. The molecule has 0 radical (unpaired) electrons. The van der Waals surface area contributed by atoms with Gasteiger partial charge in [-0.15, -0.1) is 0 Å². The number of aromatic nitrogens is 2. The predicted molar refractivity (Wildman–Crippen MR) is 89.2 cm³/mol. The van der Waals surface area contributed by atoms with Crippen LogP contribution >= 0.6 is 0 Å². The van der Waals surface area contributed by atoms with E-state index in [9.17, 15) is 9.18 Å². The van der Waals surface area contributed by atoms with Gasteiger partial charge in [0.1, 0.15) is 5.82 Å². The van der Waals surface area contributed by atoms with Gasteiger partial charge < -0.3 is 15.2 Å². The lowest BCUT2D eigenvalue weighted by atomic mass is 10.0. The molecule has 1 aromatic heterocycles. The fourth-order valence-electron chi connectivity index (χ4n) is 3.06. The third-order valence-corrected chi connectivity index (χ3v) is 4.18. The Morgan fingerprint density at radius 2 is 1.96 bits per heavy atom. The molecule has 120 valence electrons. The monoisotopic (exact) mass is 322 g/mol. The Labute approximate surface area is 138 Å². The normalized spacial score (nSPS) is 14.8. The van der Waals surface area contributed by atoms with Gasteiger partial charge in [-0.05, 0) is 17.7 Å². The second kappa shape index (κ2) is 5.81. The zero-order chi connectivity index (χ0) is 16.5. The number of para-hydroxylation sites is 1. The van der Waals surface area contributed by atoms with Crippen molar-refractivity contribution in [2.24, 2.45) is 0 Å². The number of hydrogen-bond donors (Lipinski definition) is 2. The predicted octanol–water partition coefficient (Wildman–Crippen LogP) is 3.41. The highest BCUT2D eigenvalue weighted by molar-refractivity contribution is 5.89. The van der Waals surface area contributed by atoms with Crippen LogP contribution < -0.4 is 10.6 Å². The summed E-state index contributed by atoms with van der Waals surface area (Å²) in [4.78, 5) is 16.3. The summed E-state index contributed by atoms with van der Waals surface area (Å²) < 4.78 is 15.6. The van der Waals surface area contributed by atoms with Crippen molar-refractivity contribution >= 4 is 11.7 Å². The number of carbonyl (C=O) groups is 1. The number of nitrogens with one attached hydrogen (secondary N) is 2. The van der Waals surface area contributed by atoms with Crippen LogP contribution in [0.15, 0.2) is 61.1 Å². The highest BCUT2D eigenvalue weighted by Crippen LogP contribution is 2.38. The molecule has 1 aliphatic heterocycles. The molecule has 6 heteroatoms. The van der Waals surface area contributed by atoms with Crippen molar-refractivity contribution in [1.82, 2.24) is 14.9 Å². The van der Waals surface area contributed by atoms with Gasteiger partial charge in [-0.1, -0.05) is 36.4 Å². The molecule has 4 rings (SSSR count). The summed E-state index contributed by atoms with van der Waals surface area (Å²) in [7, 11) is 0. The van der Waals surface area contributed by atoms with Crippen molar-refractivity contribution in [3.05, 3.63) is 72.4 Å². The van der Waals surface area contributed by atoms with Gasteiger partial charge in [0.05, 0.1) is 29.9 Å². The summed E-state index contributed by atoms with van der Waals surface area (Å²) in [5.74, 6) is -0.462. The Balaban J connectivity index is 1.49. The average molecular weight is 322 g/mol. The van der Waals surface area contributed by atoms with Crippen LogP contribution in [0.3, 0.4) is 0 Å². The lowest BCUT2D eigenvalue weighted by Gasteiger charge is -2.16. The van der Waals surface area contributed by atoms with Gasteiger partial charge in [-0.3, -0.25) is 0 Å². The second-order valence-electron chi connectivity index (χ2n) is 5.60. The van der Waals surface area contributed by atoms with E-state index in [1.807, 2.05) is 35.0 Å². The van der Waals surface area contributed by atoms with Crippen LogP contribution in [0.5, 0.6) is 0 Å². The number of anilines is 1. The van der Waals surface area contributed by atoms with Gasteiger partial charge in [-0.2, -0.15) is 0 Å². The third-order valence-electron chi connectivity index (χ3n) is 4.18. The quantitative estimate of drug-likeness (QED) is 0.776. The maximum absolute atomic E-state index is 13.6. The minimum absolute atomic E-state index is 0.0231. The third kappa shape index (κ3) is 2.42. The van der Waals surface area contributed by atoms with E-state index < -0.39 is 11.8 Å². The number of urea groups is 1. The Kier molecular flexibility index (Phi) is 3.49. The van der Waals surface area contributed by atoms with Crippen molar-refractivity contribution in [1.29, 1.82) is 0 Å². The molecule has 2 aromatic carbocycles. The molecule has 5 nitrogen and oxygen atoms in total. The largest absolute Gasteiger partial charge is 0.335 e. The number of halogens is 1. The maximum atomic E-state index is 13.6. The summed E-state index contributed by atoms with van der Waals surface area (Å²) >= 11 is 0. The highest BCUT2D eigenvalue weighted by Gasteiger charge is 2.28. The van der Waals surface area contributed by atoms with Crippen LogP contribution in [-0.4, -0.2) is 22.1 Å². The smallest absolute Gasteiger partial charge is 0.319 e. The fourth-order valence-corrected chi connectivity index (χ4v) is 3.06. The summed E-state index contributed by atoms with van der Waals surface area (Å²) in [6.07, 6.45) is 3.58. The highest BCUT2D eigenvalue weighted by atomic mass is 19.1. The number of rotatable bonds is 3. The van der Waals surface area contributed by atoms with Crippen LogP contribution in [0, 0.1) is 5.82 Å². The molecule has 3 aromatic rings. The maximum Gasteiger partial charge on any atom is 0.319 e. The zero-order valence-corrected chi connectivity index (χ0v) is 12.7. The molecule has 1 unspecified atom stereocenters. The molecule has 0 saturated carbocycles. The van der Waals surface area contributed by atoms with Gasteiger partial charge in [0.15, 0.2) is 0 Å². The number of nitrogens with zero attached hydrogens (tertiary/aromatic N) is 2. The first-order valence-electron chi connectivity index (χ1n) is 7.64. The van der Waals surface area contributed by atoms with E-state index >= 15 is 0 Å². The zero-order valence-electron chi connectivity index (χ0n) is 12.7. The van der Waals surface area contributed by atoms with Crippen molar-refractivity contribution in [2.45, 2.75) is 6.04 Å². The van der Waals surface area contributed by atoms with Gasteiger partial charge in [-0.25, -0.2) is 14.2 Å². The molecule has 0 aliphatic carbocycles. The molecule has 1 aliphatic rings. The molecular formula is C18H15FN4O. The molecule has 0 bridgehead atoms.